The molecule has 2 unspecified atom stereocenters. The maximum absolute atomic E-state index is 13.6. The van der Waals surface area contributed by atoms with Gasteiger partial charge in [-0.25, -0.2) is 4.39 Å². The second-order valence-corrected chi connectivity index (χ2v) is 7.69. The third kappa shape index (κ3) is 5.07. The third-order valence-corrected chi connectivity index (χ3v) is 5.50. The van der Waals surface area contributed by atoms with Gasteiger partial charge in [-0.05, 0) is 67.3 Å². The van der Waals surface area contributed by atoms with Crippen LogP contribution in [0.5, 0.6) is 0 Å². The Kier molecular flexibility index (Phi) is 6.44. The molecule has 0 bridgehead atoms. The van der Waals surface area contributed by atoms with Gasteiger partial charge in [-0.3, -0.25) is 19.7 Å². The van der Waals surface area contributed by atoms with Gasteiger partial charge in [0.15, 0.2) is 0 Å². The number of benzene rings is 1. The normalized spacial score (nSPS) is 18.0. The fourth-order valence-corrected chi connectivity index (χ4v) is 4.11. The van der Waals surface area contributed by atoms with Crippen molar-refractivity contribution in [3.63, 3.8) is 0 Å². The summed E-state index contributed by atoms with van der Waals surface area (Å²) < 4.78 is 13.6. The van der Waals surface area contributed by atoms with Gasteiger partial charge < -0.3 is 5.32 Å². The summed E-state index contributed by atoms with van der Waals surface area (Å²) in [7, 11) is 0. The molecule has 30 heavy (non-hydrogen) atoms. The highest BCUT2D eigenvalue weighted by Crippen LogP contribution is 2.30. The first-order valence-corrected chi connectivity index (χ1v) is 10.3. The van der Waals surface area contributed by atoms with Crippen LogP contribution in [-0.4, -0.2) is 33.9 Å². The number of aromatic nitrogens is 2. The summed E-state index contributed by atoms with van der Waals surface area (Å²) in [6, 6.07) is 17.6. The smallest absolute Gasteiger partial charge is 0.270 e. The van der Waals surface area contributed by atoms with Crippen LogP contribution >= 0.6 is 0 Å². The Hall–Kier alpha value is -3.12. The van der Waals surface area contributed by atoms with Crippen LogP contribution in [0.15, 0.2) is 73.1 Å². The predicted molar refractivity (Wildman–Crippen MR) is 113 cm³/mol. The molecule has 4 rings (SSSR count). The van der Waals surface area contributed by atoms with E-state index in [2.05, 4.69) is 20.2 Å². The van der Waals surface area contributed by atoms with Crippen LogP contribution in [0.2, 0.25) is 0 Å². The second kappa shape index (κ2) is 9.59. The van der Waals surface area contributed by atoms with E-state index in [1.165, 1.54) is 6.07 Å². The molecule has 3 aromatic rings. The minimum atomic E-state index is -0.213. The van der Waals surface area contributed by atoms with E-state index in [0.29, 0.717) is 12.2 Å². The van der Waals surface area contributed by atoms with Crippen molar-refractivity contribution in [2.24, 2.45) is 5.92 Å². The largest absolute Gasteiger partial charge is 0.342 e. The van der Waals surface area contributed by atoms with Crippen LogP contribution in [0, 0.1) is 11.7 Å². The van der Waals surface area contributed by atoms with Crippen LogP contribution in [0.25, 0.3) is 0 Å². The summed E-state index contributed by atoms with van der Waals surface area (Å²) in [4.78, 5) is 23.8. The highest BCUT2D eigenvalue weighted by molar-refractivity contribution is 5.92. The zero-order valence-corrected chi connectivity index (χ0v) is 16.7. The molecule has 0 radical (unpaired) electrons. The van der Waals surface area contributed by atoms with Crippen molar-refractivity contribution in [3.05, 3.63) is 95.8 Å². The van der Waals surface area contributed by atoms with Crippen molar-refractivity contribution in [1.82, 2.24) is 20.2 Å². The number of nitrogens with one attached hydrogen (secondary N) is 1. The molecule has 6 heteroatoms. The Labute approximate surface area is 176 Å². The van der Waals surface area contributed by atoms with Crippen molar-refractivity contribution < 1.29 is 9.18 Å². The van der Waals surface area contributed by atoms with Gasteiger partial charge in [0.2, 0.25) is 0 Å². The molecule has 1 saturated heterocycles. The Morgan fingerprint density at radius 2 is 1.93 bits per heavy atom. The summed E-state index contributed by atoms with van der Waals surface area (Å²) in [5.41, 5.74) is 2.20. The highest BCUT2D eigenvalue weighted by atomic mass is 19.1. The van der Waals surface area contributed by atoms with E-state index in [1.54, 1.807) is 42.7 Å². The maximum atomic E-state index is 13.6. The molecule has 154 valence electrons. The van der Waals surface area contributed by atoms with Crippen LogP contribution < -0.4 is 5.32 Å². The number of hydrogen-bond donors (Lipinski definition) is 1. The lowest BCUT2D eigenvalue weighted by Gasteiger charge is -2.37. The summed E-state index contributed by atoms with van der Waals surface area (Å²) >= 11 is 0. The molecule has 1 aliphatic heterocycles. The first kappa shape index (κ1) is 20.2. The Morgan fingerprint density at radius 3 is 2.67 bits per heavy atom. The summed E-state index contributed by atoms with van der Waals surface area (Å²) in [6.07, 6.45) is 5.38. The van der Waals surface area contributed by atoms with E-state index in [1.807, 2.05) is 24.3 Å². The Balaban J connectivity index is 1.52. The van der Waals surface area contributed by atoms with Crippen molar-refractivity contribution in [2.75, 3.05) is 13.1 Å². The number of piperidine rings is 1. The number of carbonyl (C=O) groups is 1. The number of halogens is 1. The van der Waals surface area contributed by atoms with Gasteiger partial charge in [-0.15, -0.1) is 0 Å². The minimum absolute atomic E-state index is 0.200. The average Bonchev–Trinajstić information content (AvgIpc) is 2.79. The lowest BCUT2D eigenvalue weighted by Crippen LogP contribution is -2.43. The number of pyridine rings is 2. The highest BCUT2D eigenvalue weighted by Gasteiger charge is 2.31. The number of likely N-dealkylation sites (tertiary alicyclic amines) is 1. The number of amides is 1. The molecule has 2 atom stereocenters. The molecule has 1 N–H and O–H groups in total. The first-order chi connectivity index (χ1) is 14.7. The molecule has 2 aromatic heterocycles. The molecule has 0 spiro atoms. The Morgan fingerprint density at radius 1 is 1.10 bits per heavy atom. The standard InChI is InChI=1S/C24H25FN4O/c25-20-9-5-7-18(15-20)16-29-14-6-8-19(17-29)23(21-10-1-3-12-26-21)28-24(30)22-11-2-4-13-27-22/h1-5,7,9-13,15,19,23H,6,8,14,16-17H2,(H,28,30). The van der Waals surface area contributed by atoms with Gasteiger partial charge >= 0.3 is 0 Å². The summed E-state index contributed by atoms with van der Waals surface area (Å²) in [5.74, 6) is -0.210. The monoisotopic (exact) mass is 404 g/mol. The van der Waals surface area contributed by atoms with Crippen LogP contribution in [0.1, 0.15) is 40.6 Å². The molecule has 1 aromatic carbocycles. The molecular formula is C24H25FN4O. The van der Waals surface area contributed by atoms with Gasteiger partial charge in [0.05, 0.1) is 11.7 Å². The molecular weight excluding hydrogens is 379 g/mol. The summed E-state index contributed by atoms with van der Waals surface area (Å²) in [6.45, 7) is 2.45. The number of nitrogens with zero attached hydrogens (tertiary/aromatic N) is 3. The molecule has 0 aliphatic carbocycles. The topological polar surface area (TPSA) is 58.1 Å². The molecule has 1 amide bonds. The Bertz CT molecular complexity index is 967. The third-order valence-electron chi connectivity index (χ3n) is 5.50. The fraction of sp³-hybridized carbons (Fsp3) is 0.292. The van der Waals surface area contributed by atoms with Crippen molar-refractivity contribution in [3.8, 4) is 0 Å². The zero-order valence-electron chi connectivity index (χ0n) is 16.7. The molecule has 5 nitrogen and oxygen atoms in total. The van der Waals surface area contributed by atoms with Crippen LogP contribution in [0.4, 0.5) is 4.39 Å². The van der Waals surface area contributed by atoms with Gasteiger partial charge in [-0.2, -0.15) is 0 Å². The fourth-order valence-electron chi connectivity index (χ4n) is 4.11. The van der Waals surface area contributed by atoms with E-state index < -0.39 is 0 Å². The van der Waals surface area contributed by atoms with Gasteiger partial charge in [0.25, 0.3) is 5.91 Å². The second-order valence-electron chi connectivity index (χ2n) is 7.69. The van der Waals surface area contributed by atoms with Gasteiger partial charge in [-0.1, -0.05) is 24.3 Å². The van der Waals surface area contributed by atoms with Crippen LogP contribution in [-0.2, 0) is 6.54 Å². The quantitative estimate of drug-likeness (QED) is 0.675. The van der Waals surface area contributed by atoms with E-state index in [0.717, 1.165) is 37.2 Å². The number of hydrogen-bond acceptors (Lipinski definition) is 4. The molecule has 1 aliphatic rings. The minimum Gasteiger partial charge on any atom is -0.342 e. The molecule has 1 fully saturated rings. The van der Waals surface area contributed by atoms with Crippen molar-refractivity contribution in [1.29, 1.82) is 0 Å². The summed E-state index contributed by atoms with van der Waals surface area (Å²) in [5, 5.41) is 3.16. The van der Waals surface area contributed by atoms with Crippen LogP contribution in [0.3, 0.4) is 0 Å². The number of carbonyl (C=O) groups excluding carboxylic acids is 1. The van der Waals surface area contributed by atoms with Crippen molar-refractivity contribution >= 4 is 5.91 Å². The lowest BCUT2D eigenvalue weighted by molar-refractivity contribution is 0.0870. The predicted octanol–water partition coefficient (Wildman–Crippen LogP) is 4.00. The van der Waals surface area contributed by atoms with Crippen molar-refractivity contribution in [2.45, 2.75) is 25.4 Å². The van der Waals surface area contributed by atoms with Gasteiger partial charge in [0, 0.05) is 25.5 Å². The van der Waals surface area contributed by atoms with Gasteiger partial charge in [0.1, 0.15) is 11.5 Å². The maximum Gasteiger partial charge on any atom is 0.270 e. The van der Waals surface area contributed by atoms with E-state index in [-0.39, 0.29) is 23.7 Å². The molecule has 0 saturated carbocycles. The zero-order chi connectivity index (χ0) is 20.8. The van der Waals surface area contributed by atoms with E-state index in [9.17, 15) is 9.18 Å². The molecule has 3 heterocycles. The van der Waals surface area contributed by atoms with E-state index >= 15 is 0 Å². The number of rotatable bonds is 6. The first-order valence-electron chi connectivity index (χ1n) is 10.3. The van der Waals surface area contributed by atoms with E-state index in [4.69, 9.17) is 0 Å². The SMILES string of the molecule is O=C(NC(c1ccccn1)C1CCCN(Cc2cccc(F)c2)C1)c1ccccn1. The lowest BCUT2D eigenvalue weighted by atomic mass is 9.88. The average molecular weight is 404 g/mol.